The van der Waals surface area contributed by atoms with Crippen LogP contribution in [0, 0.1) is 6.92 Å². The lowest BCUT2D eigenvalue weighted by molar-refractivity contribution is 0.506. The van der Waals surface area contributed by atoms with E-state index in [1.165, 1.54) is 11.1 Å². The summed E-state index contributed by atoms with van der Waals surface area (Å²) in [6.07, 6.45) is 2.70. The third kappa shape index (κ3) is 5.08. The molecular weight excluding hydrogens is 296 g/mol. The normalized spacial score (nSPS) is 12.1. The largest absolute Gasteiger partial charge is 0.356 e. The van der Waals surface area contributed by atoms with Gasteiger partial charge in [0.05, 0.1) is 0 Å². The van der Waals surface area contributed by atoms with Crippen molar-refractivity contribution in [3.05, 3.63) is 65.5 Å². The summed E-state index contributed by atoms with van der Waals surface area (Å²) in [4.78, 5) is 8.65. The fourth-order valence-electron chi connectivity index (χ4n) is 2.81. The fourth-order valence-corrected chi connectivity index (χ4v) is 2.81. The second-order valence-corrected chi connectivity index (χ2v) is 6.62. The minimum Gasteiger partial charge on any atom is -0.356 e. The van der Waals surface area contributed by atoms with Gasteiger partial charge in [-0.2, -0.15) is 0 Å². The second kappa shape index (κ2) is 8.48. The van der Waals surface area contributed by atoms with Crippen molar-refractivity contribution in [3.8, 4) is 0 Å². The molecule has 0 aliphatic rings. The van der Waals surface area contributed by atoms with E-state index in [1.54, 1.807) is 7.05 Å². The zero-order chi connectivity index (χ0) is 17.4. The molecule has 1 aromatic heterocycles. The van der Waals surface area contributed by atoms with Crippen LogP contribution in [-0.2, 0) is 11.8 Å². The average Bonchev–Trinajstić information content (AvgIpc) is 2.59. The van der Waals surface area contributed by atoms with Crippen LogP contribution in [0.25, 0.3) is 0 Å². The Morgan fingerprint density at radius 3 is 2.50 bits per heavy atom. The van der Waals surface area contributed by atoms with Crippen LogP contribution >= 0.6 is 0 Å². The van der Waals surface area contributed by atoms with Crippen molar-refractivity contribution in [2.24, 2.45) is 4.99 Å². The molecule has 1 heterocycles. The first kappa shape index (κ1) is 18.0. The van der Waals surface area contributed by atoms with Crippen LogP contribution in [0.4, 0.5) is 0 Å². The summed E-state index contributed by atoms with van der Waals surface area (Å²) in [5.41, 5.74) is 3.80. The molecule has 2 aromatic rings. The Hall–Kier alpha value is -2.36. The van der Waals surface area contributed by atoms with Crippen LogP contribution in [0.5, 0.6) is 0 Å². The summed E-state index contributed by atoms with van der Waals surface area (Å²) in [6, 6.07) is 14.5. The fraction of sp³-hybridized carbons (Fsp3) is 0.400. The number of rotatable bonds is 6. The first-order valence-electron chi connectivity index (χ1n) is 8.43. The summed E-state index contributed by atoms with van der Waals surface area (Å²) in [7, 11) is 1.80. The molecule has 1 aromatic carbocycles. The van der Waals surface area contributed by atoms with E-state index in [2.05, 4.69) is 65.6 Å². The van der Waals surface area contributed by atoms with Crippen LogP contribution in [-0.4, -0.2) is 31.1 Å². The van der Waals surface area contributed by atoms with E-state index in [-0.39, 0.29) is 5.41 Å². The van der Waals surface area contributed by atoms with Gasteiger partial charge in [0.1, 0.15) is 0 Å². The molecule has 0 spiro atoms. The van der Waals surface area contributed by atoms with Gasteiger partial charge in [0.2, 0.25) is 0 Å². The topological polar surface area (TPSA) is 49.3 Å². The van der Waals surface area contributed by atoms with Crippen molar-refractivity contribution in [2.45, 2.75) is 32.6 Å². The quantitative estimate of drug-likeness (QED) is 0.634. The third-order valence-electron chi connectivity index (χ3n) is 4.20. The van der Waals surface area contributed by atoms with E-state index >= 15 is 0 Å². The van der Waals surface area contributed by atoms with Gasteiger partial charge in [-0.25, -0.2) is 0 Å². The third-order valence-corrected chi connectivity index (χ3v) is 4.20. The van der Waals surface area contributed by atoms with Crippen molar-refractivity contribution in [3.63, 3.8) is 0 Å². The number of nitrogens with zero attached hydrogens (tertiary/aromatic N) is 2. The number of nitrogens with one attached hydrogen (secondary N) is 2. The highest BCUT2D eigenvalue weighted by atomic mass is 15.2. The summed E-state index contributed by atoms with van der Waals surface area (Å²) in [5, 5.41) is 6.80. The zero-order valence-corrected chi connectivity index (χ0v) is 15.1. The monoisotopic (exact) mass is 324 g/mol. The van der Waals surface area contributed by atoms with E-state index in [1.807, 2.05) is 24.4 Å². The maximum atomic E-state index is 4.34. The van der Waals surface area contributed by atoms with Gasteiger partial charge in [-0.3, -0.25) is 9.98 Å². The molecule has 0 fully saturated rings. The van der Waals surface area contributed by atoms with Gasteiger partial charge in [0.15, 0.2) is 5.96 Å². The Morgan fingerprint density at radius 1 is 1.08 bits per heavy atom. The Labute approximate surface area is 145 Å². The van der Waals surface area contributed by atoms with Crippen LogP contribution in [0.1, 0.15) is 30.7 Å². The highest BCUT2D eigenvalue weighted by Gasteiger charge is 2.22. The smallest absolute Gasteiger partial charge is 0.191 e. The molecule has 0 aliphatic carbocycles. The Bertz CT molecular complexity index is 662. The molecule has 0 saturated heterocycles. The molecule has 2 N–H and O–H groups in total. The zero-order valence-electron chi connectivity index (χ0n) is 15.1. The Kier molecular flexibility index (Phi) is 6.36. The van der Waals surface area contributed by atoms with Crippen LogP contribution in [0.15, 0.2) is 53.7 Å². The van der Waals surface area contributed by atoms with E-state index in [4.69, 9.17) is 0 Å². The number of aliphatic imine (C=N–C) groups is 1. The van der Waals surface area contributed by atoms with Crippen molar-refractivity contribution in [2.75, 3.05) is 20.1 Å². The maximum absolute atomic E-state index is 4.34. The first-order valence-corrected chi connectivity index (χ1v) is 8.43. The molecule has 24 heavy (non-hydrogen) atoms. The summed E-state index contributed by atoms with van der Waals surface area (Å²) in [6.45, 7) is 8.30. The molecule has 0 unspecified atom stereocenters. The lowest BCUT2D eigenvalue weighted by Gasteiger charge is -2.28. The second-order valence-electron chi connectivity index (χ2n) is 6.62. The molecule has 0 amide bonds. The van der Waals surface area contributed by atoms with Gasteiger partial charge < -0.3 is 10.6 Å². The molecular formula is C20H28N4. The highest BCUT2D eigenvalue weighted by molar-refractivity contribution is 5.79. The predicted molar refractivity (Wildman–Crippen MR) is 102 cm³/mol. The van der Waals surface area contributed by atoms with Crippen molar-refractivity contribution >= 4 is 5.96 Å². The van der Waals surface area contributed by atoms with E-state index < -0.39 is 0 Å². The van der Waals surface area contributed by atoms with Gasteiger partial charge in [0, 0.05) is 43.9 Å². The lowest BCUT2D eigenvalue weighted by atomic mass is 9.82. The Balaban J connectivity index is 1.86. The number of pyridine rings is 1. The first-order chi connectivity index (χ1) is 11.5. The summed E-state index contributed by atoms with van der Waals surface area (Å²) in [5.74, 6) is 0.826. The molecule has 0 aliphatic heterocycles. The predicted octanol–water partition coefficient (Wildman–Crippen LogP) is 3.08. The van der Waals surface area contributed by atoms with Crippen molar-refractivity contribution < 1.29 is 0 Å². The number of benzene rings is 1. The van der Waals surface area contributed by atoms with Crippen molar-refractivity contribution in [1.82, 2.24) is 15.6 Å². The summed E-state index contributed by atoms with van der Waals surface area (Å²) >= 11 is 0. The van der Waals surface area contributed by atoms with Crippen LogP contribution < -0.4 is 10.6 Å². The van der Waals surface area contributed by atoms with E-state index in [0.29, 0.717) is 0 Å². The van der Waals surface area contributed by atoms with Gasteiger partial charge in [-0.15, -0.1) is 0 Å². The molecule has 4 nitrogen and oxygen atoms in total. The standard InChI is InChI=1S/C20H28N4/c1-16-9-5-6-11-18(16)20(2,3)15-24-19(21-4)23-14-12-17-10-7-8-13-22-17/h5-11,13H,12,14-15H2,1-4H3,(H2,21,23,24). The highest BCUT2D eigenvalue weighted by Crippen LogP contribution is 2.25. The lowest BCUT2D eigenvalue weighted by Crippen LogP contribution is -2.44. The molecule has 4 heteroatoms. The minimum absolute atomic E-state index is 0.0317. The van der Waals surface area contributed by atoms with Gasteiger partial charge in [-0.1, -0.05) is 44.2 Å². The number of aromatic nitrogens is 1. The maximum Gasteiger partial charge on any atom is 0.191 e. The molecule has 0 radical (unpaired) electrons. The van der Waals surface area contributed by atoms with Crippen LogP contribution in [0.2, 0.25) is 0 Å². The number of aryl methyl sites for hydroxylation is 1. The summed E-state index contributed by atoms with van der Waals surface area (Å²) < 4.78 is 0. The van der Waals surface area contributed by atoms with Crippen LogP contribution in [0.3, 0.4) is 0 Å². The molecule has 128 valence electrons. The number of hydrogen-bond donors (Lipinski definition) is 2. The minimum atomic E-state index is 0.0317. The molecule has 0 bridgehead atoms. The van der Waals surface area contributed by atoms with Crippen molar-refractivity contribution in [1.29, 1.82) is 0 Å². The molecule has 0 atom stereocenters. The van der Waals surface area contributed by atoms with Gasteiger partial charge in [-0.05, 0) is 30.2 Å². The van der Waals surface area contributed by atoms with E-state index in [9.17, 15) is 0 Å². The van der Waals surface area contributed by atoms with E-state index in [0.717, 1.165) is 31.2 Å². The Morgan fingerprint density at radius 2 is 1.83 bits per heavy atom. The SMILES string of the molecule is CN=C(NCCc1ccccn1)NCC(C)(C)c1ccccc1C. The number of hydrogen-bond acceptors (Lipinski definition) is 2. The average molecular weight is 324 g/mol. The number of guanidine groups is 1. The van der Waals surface area contributed by atoms with Gasteiger partial charge >= 0.3 is 0 Å². The van der Waals surface area contributed by atoms with Gasteiger partial charge in [0.25, 0.3) is 0 Å². The molecule has 2 rings (SSSR count). The molecule has 0 saturated carbocycles.